The summed E-state index contributed by atoms with van der Waals surface area (Å²) in [4.78, 5) is 0. The van der Waals surface area contributed by atoms with Crippen molar-refractivity contribution in [2.75, 3.05) is 6.54 Å². The lowest BCUT2D eigenvalue weighted by Crippen LogP contribution is -2.12. The molecule has 2 N–H and O–H groups in total. The fourth-order valence-electron chi connectivity index (χ4n) is 1.81. The van der Waals surface area contributed by atoms with E-state index in [0.29, 0.717) is 12.5 Å². The van der Waals surface area contributed by atoms with E-state index in [4.69, 9.17) is 5.73 Å². The highest BCUT2D eigenvalue weighted by atomic mass is 19.1. The van der Waals surface area contributed by atoms with Crippen LogP contribution in [0.2, 0.25) is 0 Å². The number of benzene rings is 1. The molecule has 2 rings (SSSR count). The maximum Gasteiger partial charge on any atom is 0.123 e. The summed E-state index contributed by atoms with van der Waals surface area (Å²) in [6, 6.07) is 4.95. The molecule has 1 aliphatic carbocycles. The summed E-state index contributed by atoms with van der Waals surface area (Å²) in [5.74, 6) is 0.240. The first-order chi connectivity index (χ1) is 6.70. The van der Waals surface area contributed by atoms with Crippen molar-refractivity contribution in [3.63, 3.8) is 0 Å². The molecule has 14 heavy (non-hydrogen) atoms. The Hall–Kier alpha value is -1.15. The molecule has 1 nitrogen and oxygen atoms in total. The lowest BCUT2D eigenvalue weighted by Gasteiger charge is -2.08. The Morgan fingerprint density at radius 1 is 1.50 bits per heavy atom. The van der Waals surface area contributed by atoms with Crippen molar-refractivity contribution in [2.45, 2.75) is 13.3 Å². The molecule has 74 valence electrons. The normalized spacial score (nSPS) is 16.4. The summed E-state index contributed by atoms with van der Waals surface area (Å²) >= 11 is 0. The predicted octanol–water partition coefficient (Wildman–Crippen LogP) is 2.36. The van der Waals surface area contributed by atoms with Gasteiger partial charge in [0.1, 0.15) is 5.82 Å². The van der Waals surface area contributed by atoms with Crippen LogP contribution in [0.1, 0.15) is 18.1 Å². The fraction of sp³-hybridized carbons (Fsp3) is 0.333. The molecule has 0 fully saturated rings. The predicted molar refractivity (Wildman–Crippen MR) is 56.3 cm³/mol. The molecule has 1 unspecified atom stereocenters. The van der Waals surface area contributed by atoms with Crippen LogP contribution in [0.15, 0.2) is 23.8 Å². The van der Waals surface area contributed by atoms with Gasteiger partial charge in [-0.25, -0.2) is 4.39 Å². The number of halogens is 1. The van der Waals surface area contributed by atoms with Gasteiger partial charge in [-0.15, -0.1) is 0 Å². The number of fused-ring (bicyclic) bond motifs is 1. The standard InChI is InChI=1S/C12H14FN/c1-8(7-14)10-4-9-2-3-12(13)6-11(9)5-10/h2-4,6,8H,5,7,14H2,1H3. The maximum absolute atomic E-state index is 12.9. The van der Waals surface area contributed by atoms with E-state index in [0.717, 1.165) is 17.5 Å². The van der Waals surface area contributed by atoms with Gasteiger partial charge >= 0.3 is 0 Å². The highest BCUT2D eigenvalue weighted by molar-refractivity contribution is 5.64. The number of rotatable bonds is 2. The van der Waals surface area contributed by atoms with E-state index in [9.17, 15) is 4.39 Å². The van der Waals surface area contributed by atoms with Crippen molar-refractivity contribution < 1.29 is 4.39 Å². The first-order valence-corrected chi connectivity index (χ1v) is 4.89. The minimum absolute atomic E-state index is 0.154. The Morgan fingerprint density at radius 3 is 3.00 bits per heavy atom. The van der Waals surface area contributed by atoms with Crippen molar-refractivity contribution in [2.24, 2.45) is 11.7 Å². The minimum atomic E-state index is -0.154. The summed E-state index contributed by atoms with van der Waals surface area (Å²) in [5.41, 5.74) is 9.14. The van der Waals surface area contributed by atoms with E-state index in [1.807, 2.05) is 6.07 Å². The van der Waals surface area contributed by atoms with Crippen molar-refractivity contribution in [3.05, 3.63) is 40.7 Å². The summed E-state index contributed by atoms with van der Waals surface area (Å²) in [6.45, 7) is 2.76. The zero-order valence-electron chi connectivity index (χ0n) is 8.26. The summed E-state index contributed by atoms with van der Waals surface area (Å²) in [6.07, 6.45) is 2.98. The molecule has 0 heterocycles. The molecule has 0 aliphatic heterocycles. The zero-order valence-corrected chi connectivity index (χ0v) is 8.26. The van der Waals surface area contributed by atoms with Gasteiger partial charge in [0.15, 0.2) is 0 Å². The van der Waals surface area contributed by atoms with E-state index in [1.165, 1.54) is 11.6 Å². The van der Waals surface area contributed by atoms with E-state index in [2.05, 4.69) is 13.0 Å². The Kier molecular flexibility index (Phi) is 2.38. The van der Waals surface area contributed by atoms with Gasteiger partial charge < -0.3 is 5.73 Å². The molecule has 2 heteroatoms. The second-order valence-electron chi connectivity index (χ2n) is 3.88. The van der Waals surface area contributed by atoms with E-state index in [-0.39, 0.29) is 5.82 Å². The Morgan fingerprint density at radius 2 is 2.29 bits per heavy atom. The van der Waals surface area contributed by atoms with Crippen LogP contribution in [-0.4, -0.2) is 6.54 Å². The molecule has 0 aromatic heterocycles. The van der Waals surface area contributed by atoms with Gasteiger partial charge in [0, 0.05) is 0 Å². The van der Waals surface area contributed by atoms with E-state index in [1.54, 1.807) is 6.07 Å². The van der Waals surface area contributed by atoms with Gasteiger partial charge in [0.2, 0.25) is 0 Å². The first kappa shape index (κ1) is 9.41. The molecule has 1 aromatic rings. The van der Waals surface area contributed by atoms with Gasteiger partial charge in [-0.1, -0.05) is 24.6 Å². The Bertz CT molecular complexity index is 382. The van der Waals surface area contributed by atoms with Crippen molar-refractivity contribution >= 4 is 6.08 Å². The van der Waals surface area contributed by atoms with Crippen LogP contribution in [0.3, 0.4) is 0 Å². The molecule has 1 atom stereocenters. The van der Waals surface area contributed by atoms with Gasteiger partial charge in [-0.05, 0) is 42.1 Å². The van der Waals surface area contributed by atoms with Gasteiger partial charge in [0.05, 0.1) is 0 Å². The van der Waals surface area contributed by atoms with Gasteiger partial charge in [0.25, 0.3) is 0 Å². The molecule has 0 radical (unpaired) electrons. The van der Waals surface area contributed by atoms with Crippen LogP contribution < -0.4 is 5.73 Å². The molecule has 0 bridgehead atoms. The maximum atomic E-state index is 12.9. The number of hydrogen-bond donors (Lipinski definition) is 1. The zero-order chi connectivity index (χ0) is 10.1. The van der Waals surface area contributed by atoms with Crippen LogP contribution in [0.5, 0.6) is 0 Å². The van der Waals surface area contributed by atoms with Crippen LogP contribution in [0, 0.1) is 11.7 Å². The van der Waals surface area contributed by atoms with Crippen molar-refractivity contribution in [1.82, 2.24) is 0 Å². The number of hydrogen-bond acceptors (Lipinski definition) is 1. The summed E-state index contributed by atoms with van der Waals surface area (Å²) < 4.78 is 12.9. The second-order valence-corrected chi connectivity index (χ2v) is 3.88. The molecule has 0 spiro atoms. The SMILES string of the molecule is CC(CN)C1=Cc2ccc(F)cc2C1. The highest BCUT2D eigenvalue weighted by Gasteiger charge is 2.16. The third-order valence-corrected chi connectivity index (χ3v) is 2.83. The van der Waals surface area contributed by atoms with E-state index < -0.39 is 0 Å². The molecule has 1 aliphatic rings. The Labute approximate surface area is 83.4 Å². The highest BCUT2D eigenvalue weighted by Crippen LogP contribution is 2.29. The molecule has 0 amide bonds. The molecular weight excluding hydrogens is 177 g/mol. The molecule has 1 aromatic carbocycles. The third kappa shape index (κ3) is 1.58. The Balaban J connectivity index is 2.28. The van der Waals surface area contributed by atoms with Gasteiger partial charge in [-0.3, -0.25) is 0 Å². The third-order valence-electron chi connectivity index (χ3n) is 2.83. The van der Waals surface area contributed by atoms with Crippen LogP contribution >= 0.6 is 0 Å². The van der Waals surface area contributed by atoms with Crippen LogP contribution in [0.4, 0.5) is 4.39 Å². The first-order valence-electron chi connectivity index (χ1n) is 4.89. The topological polar surface area (TPSA) is 26.0 Å². The van der Waals surface area contributed by atoms with Gasteiger partial charge in [-0.2, -0.15) is 0 Å². The van der Waals surface area contributed by atoms with Crippen LogP contribution in [0.25, 0.3) is 6.08 Å². The average molecular weight is 191 g/mol. The lowest BCUT2D eigenvalue weighted by atomic mass is 9.99. The van der Waals surface area contributed by atoms with Crippen molar-refractivity contribution in [3.8, 4) is 0 Å². The lowest BCUT2D eigenvalue weighted by molar-refractivity contribution is 0.625. The molecule has 0 saturated carbocycles. The largest absolute Gasteiger partial charge is 0.330 e. The smallest absolute Gasteiger partial charge is 0.123 e. The average Bonchev–Trinajstić information content (AvgIpc) is 2.59. The minimum Gasteiger partial charge on any atom is -0.330 e. The molecular formula is C12H14FN. The van der Waals surface area contributed by atoms with Crippen LogP contribution in [-0.2, 0) is 6.42 Å². The monoisotopic (exact) mass is 191 g/mol. The second kappa shape index (κ2) is 3.54. The number of nitrogens with two attached hydrogens (primary N) is 1. The summed E-state index contributed by atoms with van der Waals surface area (Å²) in [5, 5.41) is 0. The summed E-state index contributed by atoms with van der Waals surface area (Å²) in [7, 11) is 0. The molecule has 0 saturated heterocycles. The van der Waals surface area contributed by atoms with Crippen molar-refractivity contribution in [1.29, 1.82) is 0 Å². The van der Waals surface area contributed by atoms with E-state index >= 15 is 0 Å². The quantitative estimate of drug-likeness (QED) is 0.763. The fourth-order valence-corrected chi connectivity index (χ4v) is 1.81.